The van der Waals surface area contributed by atoms with E-state index in [1.165, 1.54) is 12.1 Å². The van der Waals surface area contributed by atoms with Crippen LogP contribution < -0.4 is 0 Å². The molecule has 0 heterocycles. The zero-order valence-electron chi connectivity index (χ0n) is 10.2. The van der Waals surface area contributed by atoms with Gasteiger partial charge in [0, 0.05) is 24.2 Å². The minimum Gasteiger partial charge on any atom is -0.383 e. The van der Waals surface area contributed by atoms with E-state index in [9.17, 15) is 9.18 Å². The van der Waals surface area contributed by atoms with Gasteiger partial charge in [0.25, 0.3) is 5.91 Å². The summed E-state index contributed by atoms with van der Waals surface area (Å²) in [5, 5.41) is 0. The summed E-state index contributed by atoms with van der Waals surface area (Å²) in [6.45, 7) is 1.04. The summed E-state index contributed by atoms with van der Waals surface area (Å²) in [6, 6.07) is 4.44. The second kappa shape index (κ2) is 5.80. The van der Waals surface area contributed by atoms with E-state index in [1.54, 1.807) is 18.1 Å². The SMILES string of the molecule is COCCN(C(=O)c1cc(F)ccc1Br)C1CC1. The Morgan fingerprint density at radius 3 is 2.89 bits per heavy atom. The fraction of sp³-hybridized carbons (Fsp3) is 0.462. The van der Waals surface area contributed by atoms with Crippen LogP contribution in [0.25, 0.3) is 0 Å². The van der Waals surface area contributed by atoms with E-state index < -0.39 is 5.82 Å². The Morgan fingerprint density at radius 2 is 2.28 bits per heavy atom. The van der Waals surface area contributed by atoms with Crippen molar-refractivity contribution >= 4 is 21.8 Å². The van der Waals surface area contributed by atoms with Gasteiger partial charge in [-0.25, -0.2) is 4.39 Å². The van der Waals surface area contributed by atoms with Crippen LogP contribution in [0.1, 0.15) is 23.2 Å². The van der Waals surface area contributed by atoms with Gasteiger partial charge in [-0.1, -0.05) is 0 Å². The van der Waals surface area contributed by atoms with Crippen LogP contribution in [0.2, 0.25) is 0 Å². The van der Waals surface area contributed by atoms with Gasteiger partial charge in [-0.15, -0.1) is 0 Å². The van der Waals surface area contributed by atoms with Crippen molar-refractivity contribution in [2.45, 2.75) is 18.9 Å². The molecule has 0 saturated heterocycles. The molecule has 2 rings (SSSR count). The molecule has 3 nitrogen and oxygen atoms in total. The number of rotatable bonds is 5. The molecule has 0 aromatic heterocycles. The molecule has 5 heteroatoms. The van der Waals surface area contributed by atoms with E-state index in [0.29, 0.717) is 23.2 Å². The maximum absolute atomic E-state index is 13.2. The predicted octanol–water partition coefficient (Wildman–Crippen LogP) is 2.84. The molecule has 0 radical (unpaired) electrons. The summed E-state index contributed by atoms with van der Waals surface area (Å²) >= 11 is 3.29. The quantitative estimate of drug-likeness (QED) is 0.836. The number of halogens is 2. The van der Waals surface area contributed by atoms with Gasteiger partial charge in [0.1, 0.15) is 5.82 Å². The average Bonchev–Trinajstić information content (AvgIpc) is 3.17. The van der Waals surface area contributed by atoms with Crippen LogP contribution in [-0.4, -0.2) is 37.1 Å². The first-order chi connectivity index (χ1) is 8.63. The summed E-state index contributed by atoms with van der Waals surface area (Å²) in [6.07, 6.45) is 2.03. The molecule has 98 valence electrons. The molecule has 0 aliphatic heterocycles. The van der Waals surface area contributed by atoms with E-state index in [2.05, 4.69) is 15.9 Å². The van der Waals surface area contributed by atoms with Gasteiger partial charge in [0.2, 0.25) is 0 Å². The highest BCUT2D eigenvalue weighted by molar-refractivity contribution is 9.10. The first-order valence-corrected chi connectivity index (χ1v) is 6.67. The second-order valence-corrected chi connectivity index (χ2v) is 5.20. The van der Waals surface area contributed by atoms with E-state index in [4.69, 9.17) is 4.74 Å². The molecule has 1 fully saturated rings. The van der Waals surface area contributed by atoms with Crippen LogP contribution in [0.4, 0.5) is 4.39 Å². The molecule has 1 aliphatic rings. The maximum Gasteiger partial charge on any atom is 0.255 e. The molecule has 1 aliphatic carbocycles. The number of hydrogen-bond acceptors (Lipinski definition) is 2. The minimum atomic E-state index is -0.399. The van der Waals surface area contributed by atoms with Crippen LogP contribution in [0, 0.1) is 5.82 Å². The zero-order chi connectivity index (χ0) is 13.1. The maximum atomic E-state index is 13.2. The second-order valence-electron chi connectivity index (χ2n) is 4.35. The molecule has 18 heavy (non-hydrogen) atoms. The Kier molecular flexibility index (Phi) is 4.35. The van der Waals surface area contributed by atoms with E-state index in [-0.39, 0.29) is 11.9 Å². The van der Waals surface area contributed by atoms with Crippen molar-refractivity contribution in [1.82, 2.24) is 4.90 Å². The molecular weight excluding hydrogens is 301 g/mol. The third kappa shape index (κ3) is 3.09. The Hall–Kier alpha value is -0.940. The van der Waals surface area contributed by atoms with Crippen molar-refractivity contribution in [3.8, 4) is 0 Å². The van der Waals surface area contributed by atoms with Gasteiger partial charge in [0.05, 0.1) is 12.2 Å². The highest BCUT2D eigenvalue weighted by Crippen LogP contribution is 2.29. The van der Waals surface area contributed by atoms with Crippen LogP contribution in [0.3, 0.4) is 0 Å². The van der Waals surface area contributed by atoms with Crippen LogP contribution in [0.5, 0.6) is 0 Å². The van der Waals surface area contributed by atoms with Gasteiger partial charge in [-0.2, -0.15) is 0 Å². The van der Waals surface area contributed by atoms with Crippen molar-refractivity contribution < 1.29 is 13.9 Å². The van der Waals surface area contributed by atoms with Gasteiger partial charge in [-0.05, 0) is 47.0 Å². The molecule has 0 N–H and O–H groups in total. The Bertz CT molecular complexity index is 449. The van der Waals surface area contributed by atoms with E-state index >= 15 is 0 Å². The molecule has 0 atom stereocenters. The number of carbonyl (C=O) groups is 1. The Balaban J connectivity index is 2.19. The average molecular weight is 316 g/mol. The molecular formula is C13H15BrFNO2. The number of ether oxygens (including phenoxy) is 1. The van der Waals surface area contributed by atoms with Crippen molar-refractivity contribution in [1.29, 1.82) is 0 Å². The predicted molar refractivity (Wildman–Crippen MR) is 70.0 cm³/mol. The highest BCUT2D eigenvalue weighted by atomic mass is 79.9. The monoisotopic (exact) mass is 315 g/mol. The topological polar surface area (TPSA) is 29.5 Å². The molecule has 1 aromatic rings. The fourth-order valence-electron chi connectivity index (χ4n) is 1.84. The number of hydrogen-bond donors (Lipinski definition) is 0. The summed E-state index contributed by atoms with van der Waals surface area (Å²) in [4.78, 5) is 14.1. The lowest BCUT2D eigenvalue weighted by Gasteiger charge is -2.22. The third-order valence-corrected chi connectivity index (χ3v) is 3.64. The van der Waals surface area contributed by atoms with Crippen molar-refractivity contribution in [3.05, 3.63) is 34.1 Å². The lowest BCUT2D eigenvalue weighted by molar-refractivity contribution is 0.0679. The van der Waals surface area contributed by atoms with Gasteiger partial charge in [-0.3, -0.25) is 4.79 Å². The minimum absolute atomic E-state index is 0.138. The summed E-state index contributed by atoms with van der Waals surface area (Å²) in [5.74, 6) is -0.537. The van der Waals surface area contributed by atoms with Gasteiger partial charge in [0.15, 0.2) is 0 Å². The number of benzene rings is 1. The fourth-order valence-corrected chi connectivity index (χ4v) is 2.26. The summed E-state index contributed by atoms with van der Waals surface area (Å²) in [7, 11) is 1.60. The standard InChI is InChI=1S/C13H15BrFNO2/c1-18-7-6-16(10-3-4-10)13(17)11-8-9(15)2-5-12(11)14/h2,5,8,10H,3-4,6-7H2,1H3. The number of nitrogens with zero attached hydrogens (tertiary/aromatic N) is 1. The highest BCUT2D eigenvalue weighted by Gasteiger charge is 2.33. The molecule has 0 bridgehead atoms. The van der Waals surface area contributed by atoms with Gasteiger partial charge >= 0.3 is 0 Å². The van der Waals surface area contributed by atoms with Gasteiger partial charge < -0.3 is 9.64 Å². The van der Waals surface area contributed by atoms with Crippen LogP contribution >= 0.6 is 15.9 Å². The molecule has 1 amide bonds. The first kappa shape index (κ1) is 13.5. The van der Waals surface area contributed by atoms with E-state index in [0.717, 1.165) is 12.8 Å². The summed E-state index contributed by atoms with van der Waals surface area (Å²) in [5.41, 5.74) is 0.373. The van der Waals surface area contributed by atoms with Crippen LogP contribution in [-0.2, 0) is 4.74 Å². The number of methoxy groups -OCH3 is 1. The Morgan fingerprint density at radius 1 is 1.56 bits per heavy atom. The largest absolute Gasteiger partial charge is 0.383 e. The molecule has 1 aromatic carbocycles. The molecule has 1 saturated carbocycles. The normalized spacial score (nSPS) is 14.6. The lowest BCUT2D eigenvalue weighted by Crippen LogP contribution is -2.36. The molecule has 0 spiro atoms. The van der Waals surface area contributed by atoms with E-state index in [1.807, 2.05) is 0 Å². The van der Waals surface area contributed by atoms with Crippen molar-refractivity contribution in [2.24, 2.45) is 0 Å². The van der Waals surface area contributed by atoms with Crippen LogP contribution in [0.15, 0.2) is 22.7 Å². The lowest BCUT2D eigenvalue weighted by atomic mass is 10.2. The first-order valence-electron chi connectivity index (χ1n) is 5.88. The third-order valence-electron chi connectivity index (χ3n) is 2.94. The molecule has 0 unspecified atom stereocenters. The van der Waals surface area contributed by atoms with Crippen molar-refractivity contribution in [2.75, 3.05) is 20.3 Å². The summed E-state index contributed by atoms with van der Waals surface area (Å²) < 4.78 is 18.9. The number of carbonyl (C=O) groups excluding carboxylic acids is 1. The Labute approximate surface area is 114 Å². The zero-order valence-corrected chi connectivity index (χ0v) is 11.7. The smallest absolute Gasteiger partial charge is 0.255 e. The number of amides is 1. The van der Waals surface area contributed by atoms with Crippen molar-refractivity contribution in [3.63, 3.8) is 0 Å².